The van der Waals surface area contributed by atoms with Crippen LogP contribution in [0.25, 0.3) is 10.8 Å². The summed E-state index contributed by atoms with van der Waals surface area (Å²) in [4.78, 5) is 23.9. The summed E-state index contributed by atoms with van der Waals surface area (Å²) in [6.45, 7) is -0.582. The van der Waals surface area contributed by atoms with Crippen molar-refractivity contribution in [2.24, 2.45) is 0 Å². The van der Waals surface area contributed by atoms with Gasteiger partial charge in [-0.1, -0.05) is 36.4 Å². The first-order chi connectivity index (χ1) is 13.7. The Balaban J connectivity index is 1.24. The van der Waals surface area contributed by atoms with Crippen molar-refractivity contribution < 1.29 is 19.1 Å². The first-order valence-electron chi connectivity index (χ1n) is 9.36. The normalized spacial score (nSPS) is 12.4. The van der Waals surface area contributed by atoms with Crippen molar-refractivity contribution in [3.63, 3.8) is 0 Å². The number of esters is 1. The molecule has 1 aliphatic rings. The molecule has 4 rings (SSSR count). The molecule has 1 amide bonds. The van der Waals surface area contributed by atoms with Gasteiger partial charge in [-0.15, -0.1) is 0 Å². The molecular weight excluding hydrogens is 354 g/mol. The van der Waals surface area contributed by atoms with Crippen LogP contribution in [0.2, 0.25) is 0 Å². The van der Waals surface area contributed by atoms with Gasteiger partial charge in [-0.05, 0) is 65.4 Å². The van der Waals surface area contributed by atoms with Crippen LogP contribution in [0.5, 0.6) is 5.75 Å². The quantitative estimate of drug-likeness (QED) is 0.664. The first-order valence-corrected chi connectivity index (χ1v) is 9.36. The zero-order valence-corrected chi connectivity index (χ0v) is 15.4. The Bertz CT molecular complexity index is 1030. The highest BCUT2D eigenvalue weighted by atomic mass is 16.6. The lowest BCUT2D eigenvalue weighted by Crippen LogP contribution is -2.23. The molecule has 0 radical (unpaired) electrons. The predicted octanol–water partition coefficient (Wildman–Crippen LogP) is 3.89. The van der Waals surface area contributed by atoms with E-state index in [9.17, 15) is 9.59 Å². The zero-order chi connectivity index (χ0) is 19.3. The molecule has 3 aromatic rings. The third-order valence-electron chi connectivity index (χ3n) is 4.82. The SMILES string of the molecule is O=C(COC(=O)COc1ccc2ccccc2c1)Nc1ccc2c(c1)CCC2. The minimum Gasteiger partial charge on any atom is -0.482 e. The number of hydrogen-bond donors (Lipinski definition) is 1. The molecule has 0 atom stereocenters. The molecule has 0 spiro atoms. The third-order valence-corrected chi connectivity index (χ3v) is 4.82. The maximum absolute atomic E-state index is 12.0. The maximum atomic E-state index is 12.0. The van der Waals surface area contributed by atoms with E-state index in [1.807, 2.05) is 54.6 Å². The molecule has 0 fully saturated rings. The molecule has 1 aliphatic carbocycles. The lowest BCUT2D eigenvalue weighted by molar-refractivity contribution is -0.149. The molecule has 0 bridgehead atoms. The van der Waals surface area contributed by atoms with Gasteiger partial charge >= 0.3 is 5.97 Å². The number of carbonyl (C=O) groups is 2. The monoisotopic (exact) mass is 375 g/mol. The molecule has 1 N–H and O–H groups in total. The fraction of sp³-hybridized carbons (Fsp3) is 0.217. The lowest BCUT2D eigenvalue weighted by Gasteiger charge is -2.09. The van der Waals surface area contributed by atoms with Crippen molar-refractivity contribution in [3.8, 4) is 5.75 Å². The highest BCUT2D eigenvalue weighted by Gasteiger charge is 2.13. The van der Waals surface area contributed by atoms with Gasteiger partial charge in [0.15, 0.2) is 13.2 Å². The van der Waals surface area contributed by atoms with Crippen LogP contribution in [-0.4, -0.2) is 25.1 Å². The van der Waals surface area contributed by atoms with Crippen LogP contribution in [0, 0.1) is 0 Å². The molecule has 3 aromatic carbocycles. The van der Waals surface area contributed by atoms with E-state index < -0.39 is 5.97 Å². The summed E-state index contributed by atoms with van der Waals surface area (Å²) >= 11 is 0. The van der Waals surface area contributed by atoms with Crippen LogP contribution in [0.4, 0.5) is 5.69 Å². The largest absolute Gasteiger partial charge is 0.482 e. The van der Waals surface area contributed by atoms with Crippen molar-refractivity contribution in [3.05, 3.63) is 71.8 Å². The standard InChI is InChI=1S/C23H21NO4/c25-22(24-20-10-8-17-6-3-7-18(17)12-20)14-28-23(26)15-27-21-11-9-16-4-1-2-5-19(16)13-21/h1-2,4-5,8-13H,3,6-7,14-15H2,(H,24,25). The Morgan fingerprint density at radius 1 is 0.857 bits per heavy atom. The number of rotatable bonds is 6. The number of nitrogens with one attached hydrogen (secondary N) is 1. The zero-order valence-electron chi connectivity index (χ0n) is 15.4. The van der Waals surface area contributed by atoms with E-state index in [0.717, 1.165) is 35.7 Å². The van der Waals surface area contributed by atoms with Crippen molar-refractivity contribution >= 4 is 28.3 Å². The molecule has 0 saturated carbocycles. The minimum atomic E-state index is -0.586. The van der Waals surface area contributed by atoms with Gasteiger partial charge in [0, 0.05) is 5.69 Å². The predicted molar refractivity (Wildman–Crippen MR) is 107 cm³/mol. The summed E-state index contributed by atoms with van der Waals surface area (Å²) in [6, 6.07) is 19.4. The number of fused-ring (bicyclic) bond motifs is 2. The number of ether oxygens (including phenoxy) is 2. The van der Waals surface area contributed by atoms with Gasteiger partial charge < -0.3 is 14.8 Å². The second kappa shape index (κ2) is 8.13. The number of anilines is 1. The lowest BCUT2D eigenvalue weighted by atomic mass is 10.1. The second-order valence-corrected chi connectivity index (χ2v) is 6.84. The van der Waals surface area contributed by atoms with Crippen LogP contribution < -0.4 is 10.1 Å². The number of benzene rings is 3. The van der Waals surface area contributed by atoms with Crippen molar-refractivity contribution in [2.75, 3.05) is 18.5 Å². The Hall–Kier alpha value is -3.34. The van der Waals surface area contributed by atoms with Crippen molar-refractivity contribution in [1.82, 2.24) is 0 Å². The number of hydrogen-bond acceptors (Lipinski definition) is 4. The van der Waals surface area contributed by atoms with E-state index in [1.165, 1.54) is 11.1 Å². The van der Waals surface area contributed by atoms with Crippen molar-refractivity contribution in [2.45, 2.75) is 19.3 Å². The average molecular weight is 375 g/mol. The van der Waals surface area contributed by atoms with Gasteiger partial charge in [0.05, 0.1) is 0 Å². The molecule has 5 nitrogen and oxygen atoms in total. The van der Waals surface area contributed by atoms with Gasteiger partial charge in [-0.25, -0.2) is 4.79 Å². The Kier molecular flexibility index (Phi) is 5.24. The summed E-state index contributed by atoms with van der Waals surface area (Å²) in [5.74, 6) is -0.368. The molecule has 28 heavy (non-hydrogen) atoms. The van der Waals surface area contributed by atoms with Gasteiger partial charge in [0.25, 0.3) is 5.91 Å². The molecule has 5 heteroatoms. The highest BCUT2D eigenvalue weighted by Crippen LogP contribution is 2.25. The van der Waals surface area contributed by atoms with E-state index in [0.29, 0.717) is 5.75 Å². The number of aryl methyl sites for hydroxylation is 2. The van der Waals surface area contributed by atoms with Crippen LogP contribution >= 0.6 is 0 Å². The molecule has 0 aromatic heterocycles. The highest BCUT2D eigenvalue weighted by molar-refractivity contribution is 5.93. The van der Waals surface area contributed by atoms with Crippen LogP contribution in [0.15, 0.2) is 60.7 Å². The minimum absolute atomic E-state index is 0.246. The van der Waals surface area contributed by atoms with Gasteiger partial charge in [0.2, 0.25) is 0 Å². The molecular formula is C23H21NO4. The van der Waals surface area contributed by atoms with E-state index in [4.69, 9.17) is 9.47 Å². The number of carbonyl (C=O) groups excluding carboxylic acids is 2. The van der Waals surface area contributed by atoms with E-state index >= 15 is 0 Å². The first kappa shape index (κ1) is 18.0. The maximum Gasteiger partial charge on any atom is 0.344 e. The van der Waals surface area contributed by atoms with Gasteiger partial charge in [-0.3, -0.25) is 4.79 Å². The summed E-state index contributed by atoms with van der Waals surface area (Å²) < 4.78 is 10.5. The Morgan fingerprint density at radius 2 is 1.68 bits per heavy atom. The van der Waals surface area contributed by atoms with Crippen LogP contribution in [0.3, 0.4) is 0 Å². The van der Waals surface area contributed by atoms with E-state index in [-0.39, 0.29) is 19.1 Å². The molecule has 0 aliphatic heterocycles. The molecule has 0 unspecified atom stereocenters. The summed E-state index contributed by atoms with van der Waals surface area (Å²) in [6.07, 6.45) is 3.29. The topological polar surface area (TPSA) is 64.6 Å². The van der Waals surface area contributed by atoms with E-state index in [1.54, 1.807) is 6.07 Å². The van der Waals surface area contributed by atoms with Gasteiger partial charge in [-0.2, -0.15) is 0 Å². The van der Waals surface area contributed by atoms with Crippen LogP contribution in [-0.2, 0) is 27.2 Å². The average Bonchev–Trinajstić information content (AvgIpc) is 3.18. The summed E-state index contributed by atoms with van der Waals surface area (Å²) in [7, 11) is 0. The third kappa shape index (κ3) is 4.31. The fourth-order valence-corrected chi connectivity index (χ4v) is 3.43. The smallest absolute Gasteiger partial charge is 0.344 e. The molecule has 0 heterocycles. The Morgan fingerprint density at radius 3 is 2.57 bits per heavy atom. The van der Waals surface area contributed by atoms with Crippen LogP contribution in [0.1, 0.15) is 17.5 Å². The van der Waals surface area contributed by atoms with Crippen molar-refractivity contribution in [1.29, 1.82) is 0 Å². The second-order valence-electron chi connectivity index (χ2n) is 6.84. The summed E-state index contributed by atoms with van der Waals surface area (Å²) in [5, 5.41) is 4.89. The Labute approximate surface area is 163 Å². The van der Waals surface area contributed by atoms with E-state index in [2.05, 4.69) is 5.32 Å². The summed E-state index contributed by atoms with van der Waals surface area (Å²) in [5.41, 5.74) is 3.35. The number of amides is 1. The molecule has 142 valence electrons. The molecule has 0 saturated heterocycles. The fourth-order valence-electron chi connectivity index (χ4n) is 3.43. The van der Waals surface area contributed by atoms with Gasteiger partial charge in [0.1, 0.15) is 5.75 Å².